The van der Waals surface area contributed by atoms with Gasteiger partial charge >= 0.3 is 5.97 Å². The Bertz CT molecular complexity index is 914. The summed E-state index contributed by atoms with van der Waals surface area (Å²) in [5, 5.41) is 102. The molecule has 3 fully saturated rings. The molecular weight excluding hydrogens is 632 g/mol. The van der Waals surface area contributed by atoms with E-state index in [0.29, 0.717) is 6.42 Å². The molecule has 0 saturated carbocycles. The third-order valence-electron chi connectivity index (χ3n) is 8.88. The lowest BCUT2D eigenvalue weighted by atomic mass is 9.98. The Kier molecular flexibility index (Phi) is 16.6. The smallest absolute Gasteiger partial charge is 0.305 e. The Hall–Kier alpha value is -1.13. The van der Waals surface area contributed by atoms with Gasteiger partial charge in [-0.1, -0.05) is 58.3 Å². The maximum atomic E-state index is 12.3. The minimum atomic E-state index is -2.38. The van der Waals surface area contributed by atoms with Crippen molar-refractivity contribution in [1.82, 2.24) is 0 Å². The van der Waals surface area contributed by atoms with Gasteiger partial charge in [-0.25, -0.2) is 0 Å². The zero-order chi connectivity index (χ0) is 34.7. The second kappa shape index (κ2) is 19.3. The first-order chi connectivity index (χ1) is 22.4. The summed E-state index contributed by atoms with van der Waals surface area (Å²) in [6.45, 7) is -0.751. The van der Waals surface area contributed by atoms with Crippen LogP contribution in [0.25, 0.3) is 0 Å². The number of aliphatic hydroxyl groups excluding tert-OH is 10. The van der Waals surface area contributed by atoms with Crippen molar-refractivity contribution in [2.45, 2.75) is 157 Å². The van der Waals surface area contributed by atoms with Crippen LogP contribution in [0.3, 0.4) is 0 Å². The van der Waals surface area contributed by atoms with Gasteiger partial charge in [-0.2, -0.15) is 0 Å². The van der Waals surface area contributed by atoms with Crippen molar-refractivity contribution in [3.63, 3.8) is 0 Å². The average molecular weight is 687 g/mol. The molecule has 3 aliphatic heterocycles. The molecule has 0 aromatic rings. The molecule has 3 rings (SSSR count). The quantitative estimate of drug-likeness (QED) is 0.0476. The summed E-state index contributed by atoms with van der Waals surface area (Å²) in [5.74, 6) is -2.90. The Morgan fingerprint density at radius 1 is 0.638 bits per heavy atom. The Morgan fingerprint density at radius 3 is 1.72 bits per heavy atom. The topological polar surface area (TPSA) is 275 Å². The van der Waals surface area contributed by atoms with E-state index in [-0.39, 0.29) is 6.42 Å². The van der Waals surface area contributed by atoms with Crippen LogP contribution in [0.15, 0.2) is 0 Å². The molecular formula is C30H54O17. The Labute approximate surface area is 273 Å². The molecule has 3 saturated heterocycles. The summed E-state index contributed by atoms with van der Waals surface area (Å²) in [7, 11) is 0. The van der Waals surface area contributed by atoms with Gasteiger partial charge in [-0.15, -0.1) is 0 Å². The fourth-order valence-corrected chi connectivity index (χ4v) is 5.83. The van der Waals surface area contributed by atoms with Gasteiger partial charge in [0.15, 0.2) is 12.6 Å². The number of esters is 1. The highest BCUT2D eigenvalue weighted by Crippen LogP contribution is 2.36. The number of unbranched alkanes of at least 4 members (excludes halogenated alkanes) is 8. The van der Waals surface area contributed by atoms with Gasteiger partial charge in [0.1, 0.15) is 80.4 Å². The lowest BCUT2D eigenvalue weighted by molar-refractivity contribution is -0.388. The third kappa shape index (κ3) is 10.4. The fraction of sp³-hybridized carbons (Fsp3) is 0.967. The normalized spacial score (nSPS) is 40.9. The first-order valence-corrected chi connectivity index (χ1v) is 16.5. The number of carbonyl (C=O) groups excluding carboxylic acids is 1. The van der Waals surface area contributed by atoms with Gasteiger partial charge in [0, 0.05) is 6.42 Å². The molecule has 17 heteroatoms. The minimum Gasteiger partial charge on any atom is -0.463 e. The summed E-state index contributed by atoms with van der Waals surface area (Å²) in [6.07, 6.45) is -12.3. The minimum absolute atomic E-state index is 0.164. The second-order valence-electron chi connectivity index (χ2n) is 12.5. The molecule has 0 spiro atoms. The van der Waals surface area contributed by atoms with Crippen LogP contribution in [-0.2, 0) is 33.2 Å². The Morgan fingerprint density at radius 2 is 1.17 bits per heavy atom. The van der Waals surface area contributed by atoms with Crippen LogP contribution in [0.5, 0.6) is 0 Å². The molecule has 0 aliphatic carbocycles. The van der Waals surface area contributed by atoms with Crippen LogP contribution in [-0.4, -0.2) is 169 Å². The number of hydrogen-bond acceptors (Lipinski definition) is 17. The van der Waals surface area contributed by atoms with Gasteiger partial charge < -0.3 is 79.5 Å². The van der Waals surface area contributed by atoms with E-state index in [4.69, 9.17) is 28.4 Å². The van der Waals surface area contributed by atoms with Crippen molar-refractivity contribution in [3.8, 4) is 0 Å². The molecule has 0 bridgehead atoms. The lowest BCUT2D eigenvalue weighted by Gasteiger charge is -2.44. The van der Waals surface area contributed by atoms with E-state index in [9.17, 15) is 55.9 Å². The molecule has 0 unspecified atom stereocenters. The van der Waals surface area contributed by atoms with Crippen LogP contribution in [0, 0.1) is 0 Å². The molecule has 0 amide bonds. The van der Waals surface area contributed by atoms with Crippen LogP contribution < -0.4 is 0 Å². The summed E-state index contributed by atoms with van der Waals surface area (Å²) in [5.41, 5.74) is 0. The van der Waals surface area contributed by atoms with E-state index in [2.05, 4.69) is 6.92 Å². The largest absolute Gasteiger partial charge is 0.463 e. The molecule has 0 radical (unpaired) electrons. The highest BCUT2D eigenvalue weighted by Gasteiger charge is 2.58. The van der Waals surface area contributed by atoms with Crippen molar-refractivity contribution >= 4 is 5.97 Å². The fourth-order valence-electron chi connectivity index (χ4n) is 5.83. The number of rotatable bonds is 19. The summed E-state index contributed by atoms with van der Waals surface area (Å²) in [4.78, 5) is 12.3. The lowest BCUT2D eigenvalue weighted by Crippen LogP contribution is -2.63. The van der Waals surface area contributed by atoms with Crippen molar-refractivity contribution in [1.29, 1.82) is 0 Å². The first kappa shape index (κ1) is 40.3. The van der Waals surface area contributed by atoms with Crippen molar-refractivity contribution in [2.24, 2.45) is 0 Å². The van der Waals surface area contributed by atoms with Crippen molar-refractivity contribution in [3.05, 3.63) is 0 Å². The van der Waals surface area contributed by atoms with Crippen LogP contribution in [0.4, 0.5) is 0 Å². The zero-order valence-electron chi connectivity index (χ0n) is 26.7. The van der Waals surface area contributed by atoms with Gasteiger partial charge in [0.2, 0.25) is 5.79 Å². The van der Waals surface area contributed by atoms with E-state index in [1.165, 1.54) is 32.1 Å². The number of ether oxygens (including phenoxy) is 6. The SMILES string of the molecule is CCCCCCCCCCCC(=O)OC[C@H]1O[C@H](OC[C@H]2O[C@H](O[C@]3(CO)O[C@H](CO)[C@@H](O)[C@@H]3O)[C@H](O)[C@@H](O)[C@@H]2O)[C@H](O)[C@@H](O)[C@H]1O. The van der Waals surface area contributed by atoms with Crippen molar-refractivity contribution in [2.75, 3.05) is 26.4 Å². The van der Waals surface area contributed by atoms with Crippen LogP contribution >= 0.6 is 0 Å². The number of aliphatic hydroxyl groups is 10. The highest BCUT2D eigenvalue weighted by molar-refractivity contribution is 5.69. The molecule has 0 aromatic carbocycles. The average Bonchev–Trinajstić information content (AvgIpc) is 3.31. The van der Waals surface area contributed by atoms with Gasteiger partial charge in [-0.05, 0) is 6.42 Å². The standard InChI is InChI=1S/C30H54O17/c1-2-3-4-5-6-7-8-9-10-11-19(33)42-13-17-20(34)23(37)25(39)28(44-17)43-14-18-21(35)24(38)26(40)29(45-18)47-30(15-32)27(41)22(36)16(12-31)46-30/h16-18,20-29,31-32,34-41H,2-15H2,1H3/t16-,17-,18-,20+,21-,22-,23+,24+,25-,26-,27+,28+,29-,30+/m1/s1. The zero-order valence-corrected chi connectivity index (χ0v) is 26.7. The molecule has 47 heavy (non-hydrogen) atoms. The number of hydrogen-bond donors (Lipinski definition) is 10. The third-order valence-corrected chi connectivity index (χ3v) is 8.88. The summed E-state index contributed by atoms with van der Waals surface area (Å²) < 4.78 is 32.5. The monoisotopic (exact) mass is 686 g/mol. The van der Waals surface area contributed by atoms with Crippen LogP contribution in [0.2, 0.25) is 0 Å². The molecule has 3 heterocycles. The summed E-state index contributed by atoms with van der Waals surface area (Å²) in [6, 6.07) is 0. The van der Waals surface area contributed by atoms with Gasteiger partial charge in [-0.3, -0.25) is 4.79 Å². The van der Waals surface area contributed by atoms with E-state index in [1.807, 2.05) is 0 Å². The van der Waals surface area contributed by atoms with Gasteiger partial charge in [0.25, 0.3) is 0 Å². The highest BCUT2D eigenvalue weighted by atomic mass is 16.8. The predicted octanol–water partition coefficient (Wildman–Crippen LogP) is -3.10. The maximum absolute atomic E-state index is 12.3. The van der Waals surface area contributed by atoms with E-state index >= 15 is 0 Å². The van der Waals surface area contributed by atoms with Crippen molar-refractivity contribution < 1.29 is 84.3 Å². The second-order valence-corrected chi connectivity index (χ2v) is 12.5. The molecule has 10 N–H and O–H groups in total. The molecule has 3 aliphatic rings. The number of carbonyl (C=O) groups is 1. The van der Waals surface area contributed by atoms with E-state index in [1.54, 1.807) is 0 Å². The summed E-state index contributed by atoms with van der Waals surface area (Å²) >= 11 is 0. The van der Waals surface area contributed by atoms with Gasteiger partial charge in [0.05, 0.1) is 13.2 Å². The molecule has 14 atom stereocenters. The first-order valence-electron chi connectivity index (χ1n) is 16.5. The molecule has 17 nitrogen and oxygen atoms in total. The maximum Gasteiger partial charge on any atom is 0.305 e. The molecule has 276 valence electrons. The predicted molar refractivity (Wildman–Crippen MR) is 157 cm³/mol. The molecule has 0 aromatic heterocycles. The van der Waals surface area contributed by atoms with E-state index in [0.717, 1.165) is 19.3 Å². The van der Waals surface area contributed by atoms with Crippen LogP contribution in [0.1, 0.15) is 71.1 Å². The van der Waals surface area contributed by atoms with E-state index < -0.39 is 118 Å². The Balaban J connectivity index is 1.50.